The summed E-state index contributed by atoms with van der Waals surface area (Å²) < 4.78 is 12.6. The predicted molar refractivity (Wildman–Crippen MR) is 67.6 cm³/mol. The molecular formula is C13H23FN2O. The Labute approximate surface area is 103 Å². The number of amides is 1. The fraction of sp³-hybridized carbons (Fsp3) is 0.769. The van der Waals surface area contributed by atoms with Gasteiger partial charge in [0.2, 0.25) is 5.91 Å². The molecule has 1 aliphatic heterocycles. The number of hydrogen-bond donors (Lipinski definition) is 0. The van der Waals surface area contributed by atoms with Gasteiger partial charge in [-0.3, -0.25) is 14.1 Å². The van der Waals surface area contributed by atoms with Crippen LogP contribution in [-0.4, -0.2) is 53.6 Å². The van der Waals surface area contributed by atoms with E-state index in [2.05, 4.69) is 32.3 Å². The molecule has 1 saturated heterocycles. The third-order valence-electron chi connectivity index (χ3n) is 3.33. The van der Waals surface area contributed by atoms with Crippen molar-refractivity contribution in [1.29, 1.82) is 0 Å². The lowest BCUT2D eigenvalue weighted by Gasteiger charge is -2.46. The number of hydrogen-bond acceptors (Lipinski definition) is 2. The summed E-state index contributed by atoms with van der Waals surface area (Å²) in [5.74, 6) is -0.0861. The highest BCUT2D eigenvalue weighted by atomic mass is 19.1. The van der Waals surface area contributed by atoms with Crippen molar-refractivity contribution in [2.45, 2.75) is 38.8 Å². The zero-order valence-electron chi connectivity index (χ0n) is 11.1. The molecule has 4 heteroatoms. The molecule has 0 N–H and O–H groups in total. The van der Waals surface area contributed by atoms with Crippen molar-refractivity contribution >= 4 is 5.91 Å². The van der Waals surface area contributed by atoms with Crippen molar-refractivity contribution in [2.24, 2.45) is 0 Å². The second kappa shape index (κ2) is 5.63. The Balaban J connectivity index is 2.73. The fourth-order valence-corrected chi connectivity index (χ4v) is 2.24. The summed E-state index contributed by atoms with van der Waals surface area (Å²) in [7, 11) is 0. The van der Waals surface area contributed by atoms with Crippen molar-refractivity contribution in [2.75, 3.05) is 26.3 Å². The van der Waals surface area contributed by atoms with Crippen LogP contribution < -0.4 is 0 Å². The van der Waals surface area contributed by atoms with E-state index in [-0.39, 0.29) is 24.2 Å². The quantitative estimate of drug-likeness (QED) is 0.705. The number of halogens is 1. The Hall–Kier alpha value is -0.900. The van der Waals surface area contributed by atoms with E-state index in [9.17, 15) is 9.18 Å². The number of alkyl halides is 1. The van der Waals surface area contributed by atoms with Gasteiger partial charge in [-0.15, -0.1) is 0 Å². The lowest BCUT2D eigenvalue weighted by atomic mass is 10.0. The maximum absolute atomic E-state index is 12.6. The normalized spacial score (nSPS) is 22.6. The molecule has 17 heavy (non-hydrogen) atoms. The van der Waals surface area contributed by atoms with Crippen LogP contribution in [0, 0.1) is 0 Å². The van der Waals surface area contributed by atoms with Crippen LogP contribution in [0.1, 0.15) is 27.2 Å². The first-order valence-electron chi connectivity index (χ1n) is 6.14. The third kappa shape index (κ3) is 3.53. The highest BCUT2D eigenvalue weighted by molar-refractivity contribution is 5.87. The van der Waals surface area contributed by atoms with Gasteiger partial charge < -0.3 is 4.90 Å². The van der Waals surface area contributed by atoms with Gasteiger partial charge in [-0.1, -0.05) is 6.58 Å². The van der Waals surface area contributed by atoms with Gasteiger partial charge in [-0.05, 0) is 33.3 Å². The number of carbonyl (C=O) groups excluding carboxylic acids is 1. The summed E-state index contributed by atoms with van der Waals surface area (Å²) in [6, 6.07) is -0.0292. The summed E-state index contributed by atoms with van der Waals surface area (Å²) in [6.45, 7) is 11.8. The van der Waals surface area contributed by atoms with E-state index in [4.69, 9.17) is 0 Å². The Morgan fingerprint density at radius 2 is 2.12 bits per heavy atom. The van der Waals surface area contributed by atoms with Crippen LogP contribution in [-0.2, 0) is 4.79 Å². The lowest BCUT2D eigenvalue weighted by molar-refractivity contribution is -0.132. The van der Waals surface area contributed by atoms with E-state index in [1.54, 1.807) is 4.90 Å². The zero-order chi connectivity index (χ0) is 13.1. The van der Waals surface area contributed by atoms with Gasteiger partial charge in [0.15, 0.2) is 0 Å². The van der Waals surface area contributed by atoms with Crippen LogP contribution in [0.5, 0.6) is 0 Å². The first-order valence-corrected chi connectivity index (χ1v) is 6.14. The van der Waals surface area contributed by atoms with E-state index in [0.29, 0.717) is 13.0 Å². The summed E-state index contributed by atoms with van der Waals surface area (Å²) in [5.41, 5.74) is 0.0673. The van der Waals surface area contributed by atoms with Gasteiger partial charge in [-0.2, -0.15) is 0 Å². The molecule has 1 rings (SSSR count). The SMILES string of the molecule is C=CC(=O)N1CCN(C(C)(C)C)C[C@@H]1CCF. The largest absolute Gasteiger partial charge is 0.334 e. The van der Waals surface area contributed by atoms with Gasteiger partial charge in [0, 0.05) is 31.2 Å². The molecule has 1 heterocycles. The zero-order valence-corrected chi connectivity index (χ0v) is 11.1. The van der Waals surface area contributed by atoms with E-state index in [0.717, 1.165) is 13.1 Å². The molecule has 1 atom stereocenters. The Morgan fingerprint density at radius 3 is 2.59 bits per heavy atom. The molecule has 0 unspecified atom stereocenters. The first-order chi connectivity index (χ1) is 7.90. The average Bonchev–Trinajstić information content (AvgIpc) is 2.27. The van der Waals surface area contributed by atoms with Gasteiger partial charge in [0.25, 0.3) is 0 Å². The van der Waals surface area contributed by atoms with E-state index in [1.807, 2.05) is 0 Å². The van der Waals surface area contributed by atoms with Crippen LogP contribution in [0.15, 0.2) is 12.7 Å². The minimum atomic E-state index is -0.385. The van der Waals surface area contributed by atoms with Crippen molar-refractivity contribution in [3.8, 4) is 0 Å². The van der Waals surface area contributed by atoms with Crippen molar-refractivity contribution in [3.63, 3.8) is 0 Å². The fourth-order valence-electron chi connectivity index (χ4n) is 2.24. The van der Waals surface area contributed by atoms with Gasteiger partial charge >= 0.3 is 0 Å². The Bertz CT molecular complexity index is 286. The second-order valence-corrected chi connectivity index (χ2v) is 5.48. The summed E-state index contributed by atoms with van der Waals surface area (Å²) in [5, 5.41) is 0. The highest BCUT2D eigenvalue weighted by Crippen LogP contribution is 2.21. The summed E-state index contributed by atoms with van der Waals surface area (Å²) in [6.07, 6.45) is 1.73. The molecule has 98 valence electrons. The average molecular weight is 242 g/mol. The lowest BCUT2D eigenvalue weighted by Crippen LogP contribution is -2.59. The standard InChI is InChI=1S/C13H23FN2O/c1-5-12(17)16-9-8-15(13(2,3)4)10-11(16)6-7-14/h5,11H,1,6-10H2,2-4H3/t11-/m0/s1. The van der Waals surface area contributed by atoms with Gasteiger partial charge in [0.1, 0.15) is 0 Å². The third-order valence-corrected chi connectivity index (χ3v) is 3.33. The molecule has 0 spiro atoms. The van der Waals surface area contributed by atoms with Crippen LogP contribution in [0.25, 0.3) is 0 Å². The second-order valence-electron chi connectivity index (χ2n) is 5.48. The van der Waals surface area contributed by atoms with Gasteiger partial charge in [-0.25, -0.2) is 0 Å². The summed E-state index contributed by atoms with van der Waals surface area (Å²) >= 11 is 0. The minimum Gasteiger partial charge on any atom is -0.334 e. The molecule has 1 aliphatic rings. The summed E-state index contributed by atoms with van der Waals surface area (Å²) in [4.78, 5) is 15.7. The number of nitrogens with zero attached hydrogens (tertiary/aromatic N) is 2. The van der Waals surface area contributed by atoms with Crippen molar-refractivity contribution in [3.05, 3.63) is 12.7 Å². The molecular weight excluding hydrogens is 219 g/mol. The Kier molecular flexibility index (Phi) is 4.69. The van der Waals surface area contributed by atoms with Crippen LogP contribution in [0.2, 0.25) is 0 Å². The maximum Gasteiger partial charge on any atom is 0.246 e. The number of carbonyl (C=O) groups is 1. The topological polar surface area (TPSA) is 23.6 Å². The van der Waals surface area contributed by atoms with Crippen molar-refractivity contribution in [1.82, 2.24) is 9.80 Å². The monoisotopic (exact) mass is 242 g/mol. The Morgan fingerprint density at radius 1 is 1.47 bits per heavy atom. The van der Waals surface area contributed by atoms with Gasteiger partial charge in [0.05, 0.1) is 6.67 Å². The van der Waals surface area contributed by atoms with E-state index >= 15 is 0 Å². The molecule has 3 nitrogen and oxygen atoms in total. The number of rotatable bonds is 3. The molecule has 0 aromatic carbocycles. The first kappa shape index (κ1) is 14.2. The van der Waals surface area contributed by atoms with Crippen molar-refractivity contribution < 1.29 is 9.18 Å². The molecule has 0 saturated carbocycles. The smallest absolute Gasteiger partial charge is 0.246 e. The molecule has 0 radical (unpaired) electrons. The molecule has 0 aromatic rings. The molecule has 1 amide bonds. The molecule has 1 fully saturated rings. The van der Waals surface area contributed by atoms with Crippen LogP contribution in [0.3, 0.4) is 0 Å². The minimum absolute atomic E-state index is 0.0292. The highest BCUT2D eigenvalue weighted by Gasteiger charge is 2.33. The molecule has 0 aromatic heterocycles. The van der Waals surface area contributed by atoms with Crippen LogP contribution in [0.4, 0.5) is 4.39 Å². The predicted octanol–water partition coefficient (Wildman–Crippen LogP) is 1.84. The maximum atomic E-state index is 12.6. The number of piperazine rings is 1. The molecule has 0 aliphatic carbocycles. The van der Waals surface area contributed by atoms with E-state index in [1.165, 1.54) is 6.08 Å². The van der Waals surface area contributed by atoms with E-state index < -0.39 is 0 Å². The molecule has 0 bridgehead atoms. The van der Waals surface area contributed by atoms with Crippen LogP contribution >= 0.6 is 0 Å².